The standard InChI is InChI=1S/C15H19ClN4O/c1-10(16)13-18-12-6-5-7-17-14(12)20(13)11(2)15(21)19-8-3-4-9-19/h5-7,10-11H,3-4,8-9H2,1-2H3. The molecule has 2 atom stereocenters. The second kappa shape index (κ2) is 5.64. The van der Waals surface area contributed by atoms with E-state index < -0.39 is 0 Å². The van der Waals surface area contributed by atoms with Gasteiger partial charge in [-0.2, -0.15) is 0 Å². The van der Waals surface area contributed by atoms with Crippen molar-refractivity contribution in [3.8, 4) is 0 Å². The van der Waals surface area contributed by atoms with Crippen LogP contribution in [0, 0.1) is 0 Å². The molecule has 3 heterocycles. The first-order valence-electron chi connectivity index (χ1n) is 7.35. The molecule has 2 aromatic heterocycles. The fraction of sp³-hybridized carbons (Fsp3) is 0.533. The molecule has 112 valence electrons. The average molecular weight is 307 g/mol. The minimum absolute atomic E-state index is 0.121. The van der Waals surface area contributed by atoms with Gasteiger partial charge in [0, 0.05) is 19.3 Å². The lowest BCUT2D eigenvalue weighted by molar-refractivity contribution is -0.133. The average Bonchev–Trinajstić information content (AvgIpc) is 3.12. The number of pyridine rings is 1. The maximum Gasteiger partial charge on any atom is 0.245 e. The van der Waals surface area contributed by atoms with Crippen LogP contribution in [0.1, 0.15) is 43.9 Å². The van der Waals surface area contributed by atoms with Crippen LogP contribution in [-0.4, -0.2) is 38.4 Å². The van der Waals surface area contributed by atoms with E-state index in [1.165, 1.54) is 0 Å². The monoisotopic (exact) mass is 306 g/mol. The summed E-state index contributed by atoms with van der Waals surface area (Å²) in [4.78, 5) is 23.5. The third-order valence-corrected chi connectivity index (χ3v) is 4.19. The zero-order valence-electron chi connectivity index (χ0n) is 12.3. The minimum atomic E-state index is -0.334. The number of alkyl halides is 1. The van der Waals surface area contributed by atoms with Gasteiger partial charge in [-0.3, -0.25) is 9.36 Å². The molecule has 21 heavy (non-hydrogen) atoms. The van der Waals surface area contributed by atoms with E-state index in [4.69, 9.17) is 11.6 Å². The molecule has 1 aliphatic heterocycles. The van der Waals surface area contributed by atoms with Gasteiger partial charge in [-0.1, -0.05) is 0 Å². The van der Waals surface area contributed by atoms with Crippen LogP contribution >= 0.6 is 11.6 Å². The summed E-state index contributed by atoms with van der Waals surface area (Å²) >= 11 is 6.25. The lowest BCUT2D eigenvalue weighted by Crippen LogP contribution is -2.34. The topological polar surface area (TPSA) is 51.0 Å². The first kappa shape index (κ1) is 14.3. The summed E-state index contributed by atoms with van der Waals surface area (Å²) in [5.74, 6) is 0.821. The Morgan fingerprint density at radius 3 is 2.71 bits per heavy atom. The van der Waals surface area contributed by atoms with Crippen molar-refractivity contribution in [3.63, 3.8) is 0 Å². The van der Waals surface area contributed by atoms with Crippen LogP contribution in [0.15, 0.2) is 18.3 Å². The van der Waals surface area contributed by atoms with Gasteiger partial charge in [0.2, 0.25) is 5.91 Å². The minimum Gasteiger partial charge on any atom is -0.341 e. The molecule has 0 spiro atoms. The molecule has 5 nitrogen and oxygen atoms in total. The van der Waals surface area contributed by atoms with Crippen molar-refractivity contribution in [1.29, 1.82) is 0 Å². The Labute approximate surface area is 128 Å². The number of aromatic nitrogens is 3. The zero-order valence-corrected chi connectivity index (χ0v) is 13.0. The zero-order chi connectivity index (χ0) is 15.0. The number of hydrogen-bond donors (Lipinski definition) is 0. The summed E-state index contributed by atoms with van der Waals surface area (Å²) in [6, 6.07) is 3.41. The summed E-state index contributed by atoms with van der Waals surface area (Å²) in [5, 5.41) is -0.270. The van der Waals surface area contributed by atoms with E-state index in [2.05, 4.69) is 9.97 Å². The predicted octanol–water partition coefficient (Wildman–Crippen LogP) is 2.91. The molecule has 0 aromatic carbocycles. The van der Waals surface area contributed by atoms with Crippen molar-refractivity contribution in [2.24, 2.45) is 0 Å². The molecule has 2 aromatic rings. The highest BCUT2D eigenvalue weighted by molar-refractivity contribution is 6.20. The maximum atomic E-state index is 12.7. The highest BCUT2D eigenvalue weighted by Gasteiger charge is 2.28. The van der Waals surface area contributed by atoms with E-state index in [0.717, 1.165) is 37.1 Å². The Kier molecular flexibility index (Phi) is 3.85. The number of carbonyl (C=O) groups is 1. The van der Waals surface area contributed by atoms with Crippen LogP contribution in [0.4, 0.5) is 0 Å². The van der Waals surface area contributed by atoms with Crippen LogP contribution < -0.4 is 0 Å². The van der Waals surface area contributed by atoms with Crippen LogP contribution in [-0.2, 0) is 4.79 Å². The van der Waals surface area contributed by atoms with Gasteiger partial charge < -0.3 is 4.90 Å². The number of hydrogen-bond acceptors (Lipinski definition) is 3. The largest absolute Gasteiger partial charge is 0.341 e. The molecule has 0 saturated carbocycles. The van der Waals surface area contributed by atoms with E-state index >= 15 is 0 Å². The third kappa shape index (κ3) is 2.50. The number of rotatable bonds is 3. The molecular formula is C15H19ClN4O. The summed E-state index contributed by atoms with van der Waals surface area (Å²) in [5.41, 5.74) is 1.50. The van der Waals surface area contributed by atoms with Crippen molar-refractivity contribution >= 4 is 28.7 Å². The van der Waals surface area contributed by atoms with Gasteiger partial charge in [0.1, 0.15) is 17.4 Å². The number of fused-ring (bicyclic) bond motifs is 1. The van der Waals surface area contributed by atoms with Crippen molar-refractivity contribution in [3.05, 3.63) is 24.2 Å². The smallest absolute Gasteiger partial charge is 0.245 e. The van der Waals surface area contributed by atoms with Gasteiger partial charge in [-0.05, 0) is 38.8 Å². The van der Waals surface area contributed by atoms with E-state index in [9.17, 15) is 4.79 Å². The Bertz CT molecular complexity index is 661. The summed E-state index contributed by atoms with van der Waals surface area (Å²) in [6.07, 6.45) is 3.89. The molecule has 0 aliphatic carbocycles. The summed E-state index contributed by atoms with van der Waals surface area (Å²) in [7, 11) is 0. The predicted molar refractivity (Wildman–Crippen MR) is 82.3 cm³/mol. The van der Waals surface area contributed by atoms with Gasteiger partial charge in [0.15, 0.2) is 5.65 Å². The van der Waals surface area contributed by atoms with Crippen molar-refractivity contribution in [1.82, 2.24) is 19.4 Å². The summed E-state index contributed by atoms with van der Waals surface area (Å²) < 4.78 is 1.88. The second-order valence-corrected chi connectivity index (χ2v) is 6.17. The molecule has 0 radical (unpaired) electrons. The molecule has 2 unspecified atom stereocenters. The Morgan fingerprint density at radius 1 is 1.33 bits per heavy atom. The maximum absolute atomic E-state index is 12.7. The highest BCUT2D eigenvalue weighted by atomic mass is 35.5. The lowest BCUT2D eigenvalue weighted by Gasteiger charge is -2.23. The molecule has 3 rings (SSSR count). The molecule has 1 saturated heterocycles. The molecular weight excluding hydrogens is 288 g/mol. The van der Waals surface area contributed by atoms with Crippen LogP contribution in [0.3, 0.4) is 0 Å². The quantitative estimate of drug-likeness (QED) is 0.819. The van der Waals surface area contributed by atoms with E-state index in [0.29, 0.717) is 5.82 Å². The molecule has 0 N–H and O–H groups in total. The molecule has 1 aliphatic rings. The van der Waals surface area contributed by atoms with Crippen molar-refractivity contribution in [2.45, 2.75) is 38.1 Å². The molecule has 0 bridgehead atoms. The third-order valence-electron chi connectivity index (χ3n) is 3.99. The van der Waals surface area contributed by atoms with E-state index in [-0.39, 0.29) is 17.3 Å². The molecule has 1 fully saturated rings. The van der Waals surface area contributed by atoms with Gasteiger partial charge in [-0.15, -0.1) is 11.6 Å². The fourth-order valence-corrected chi connectivity index (χ4v) is 3.08. The normalized spacial score (nSPS) is 18.1. The first-order valence-corrected chi connectivity index (χ1v) is 7.79. The van der Waals surface area contributed by atoms with Crippen molar-refractivity contribution < 1.29 is 4.79 Å². The number of likely N-dealkylation sites (tertiary alicyclic amines) is 1. The lowest BCUT2D eigenvalue weighted by atomic mass is 10.2. The summed E-state index contributed by atoms with van der Waals surface area (Å²) in [6.45, 7) is 5.45. The van der Waals surface area contributed by atoms with Gasteiger partial charge in [0.25, 0.3) is 0 Å². The van der Waals surface area contributed by atoms with Crippen LogP contribution in [0.5, 0.6) is 0 Å². The number of imidazole rings is 1. The first-order chi connectivity index (χ1) is 10.1. The second-order valence-electron chi connectivity index (χ2n) is 5.51. The van der Waals surface area contributed by atoms with Crippen LogP contribution in [0.2, 0.25) is 0 Å². The van der Waals surface area contributed by atoms with Gasteiger partial charge in [0.05, 0.1) is 5.38 Å². The fourth-order valence-electron chi connectivity index (χ4n) is 2.92. The van der Waals surface area contributed by atoms with Crippen LogP contribution in [0.25, 0.3) is 11.2 Å². The Hall–Kier alpha value is -1.62. The number of amides is 1. The number of halogens is 1. The SMILES string of the molecule is CC(Cl)c1nc2cccnc2n1C(C)C(=O)N1CCCC1. The van der Waals surface area contributed by atoms with E-state index in [1.54, 1.807) is 6.20 Å². The Balaban J connectivity index is 2.05. The molecule has 6 heteroatoms. The highest BCUT2D eigenvalue weighted by Crippen LogP contribution is 2.28. The van der Waals surface area contributed by atoms with Gasteiger partial charge in [-0.25, -0.2) is 9.97 Å². The molecule has 1 amide bonds. The number of nitrogens with zero attached hydrogens (tertiary/aromatic N) is 4. The van der Waals surface area contributed by atoms with E-state index in [1.807, 2.05) is 35.4 Å². The van der Waals surface area contributed by atoms with Crippen molar-refractivity contribution in [2.75, 3.05) is 13.1 Å². The van der Waals surface area contributed by atoms with Gasteiger partial charge >= 0.3 is 0 Å². The number of carbonyl (C=O) groups excluding carboxylic acids is 1. The Morgan fingerprint density at radius 2 is 2.05 bits per heavy atom.